The van der Waals surface area contributed by atoms with Gasteiger partial charge < -0.3 is 18.9 Å². The molecule has 0 heterocycles. The van der Waals surface area contributed by atoms with Crippen LogP contribution in [-0.2, 0) is 24.8 Å². The van der Waals surface area contributed by atoms with Gasteiger partial charge in [0.1, 0.15) is 11.4 Å². The molecule has 0 spiro atoms. The van der Waals surface area contributed by atoms with Crippen LogP contribution in [0, 0.1) is 0 Å². The molecule has 5 nitrogen and oxygen atoms in total. The highest BCUT2D eigenvalue weighted by Gasteiger charge is 2.43. The molecule has 1 aromatic rings. The Kier molecular flexibility index (Phi) is 5.75. The number of hydrogen-bond acceptors (Lipinski definition) is 5. The van der Waals surface area contributed by atoms with Crippen molar-refractivity contribution in [1.29, 1.82) is 0 Å². The molecule has 5 heteroatoms. The number of ether oxygens (including phenoxy) is 4. The van der Waals surface area contributed by atoms with E-state index in [0.29, 0.717) is 11.3 Å². The van der Waals surface area contributed by atoms with Crippen LogP contribution in [0.5, 0.6) is 5.75 Å². The number of carbonyl (C=O) groups excluding carboxylic acids is 1. The summed E-state index contributed by atoms with van der Waals surface area (Å²) in [5.41, 5.74) is 0.259. The van der Waals surface area contributed by atoms with E-state index in [1.165, 1.54) is 14.2 Å². The highest BCUT2D eigenvalue weighted by atomic mass is 16.7. The van der Waals surface area contributed by atoms with Gasteiger partial charge in [0.25, 0.3) is 5.79 Å². The number of benzene rings is 1. The molecule has 0 N–H and O–H groups in total. The van der Waals surface area contributed by atoms with Crippen LogP contribution in [0.15, 0.2) is 24.3 Å². The number of rotatable bonds is 6. The van der Waals surface area contributed by atoms with Gasteiger partial charge in [0.05, 0.1) is 6.61 Å². The second-order valence-electron chi connectivity index (χ2n) is 5.48. The summed E-state index contributed by atoms with van der Waals surface area (Å²) in [7, 11) is 2.81. The van der Waals surface area contributed by atoms with E-state index in [1.807, 2.05) is 20.8 Å². The molecular weight excluding hydrogens is 272 g/mol. The third-order valence-electron chi connectivity index (χ3n) is 2.78. The van der Waals surface area contributed by atoms with Crippen molar-refractivity contribution >= 4 is 5.97 Å². The molecule has 0 atom stereocenters. The minimum absolute atomic E-state index is 0.249. The lowest BCUT2D eigenvalue weighted by Gasteiger charge is -2.29. The Bertz CT molecular complexity index is 455. The molecule has 0 aliphatic heterocycles. The molecule has 0 saturated carbocycles. The first-order chi connectivity index (χ1) is 9.79. The fourth-order valence-electron chi connectivity index (χ4n) is 1.93. The van der Waals surface area contributed by atoms with E-state index in [2.05, 4.69) is 0 Å². The molecule has 0 aromatic heterocycles. The standard InChI is InChI=1S/C16H24O5/c1-7-20-14(17)16(18-5,19-6)12-8-10-13(11-9-12)21-15(2,3)4/h8-11H,7H2,1-6H3. The van der Waals surface area contributed by atoms with E-state index in [1.54, 1.807) is 31.2 Å². The van der Waals surface area contributed by atoms with Gasteiger partial charge in [0.15, 0.2) is 0 Å². The maximum Gasteiger partial charge on any atom is 0.372 e. The Morgan fingerprint density at radius 2 is 1.57 bits per heavy atom. The lowest BCUT2D eigenvalue weighted by atomic mass is 10.1. The largest absolute Gasteiger partial charge is 0.488 e. The SMILES string of the molecule is CCOC(=O)C(OC)(OC)c1ccc(OC(C)(C)C)cc1. The van der Waals surface area contributed by atoms with Gasteiger partial charge in [-0.2, -0.15) is 0 Å². The van der Waals surface area contributed by atoms with Crippen LogP contribution in [0.1, 0.15) is 33.3 Å². The van der Waals surface area contributed by atoms with Crippen LogP contribution >= 0.6 is 0 Å². The Labute approximate surface area is 126 Å². The van der Waals surface area contributed by atoms with Crippen molar-refractivity contribution in [1.82, 2.24) is 0 Å². The summed E-state index contributed by atoms with van der Waals surface area (Å²) >= 11 is 0. The van der Waals surface area contributed by atoms with Crippen LogP contribution in [0.25, 0.3) is 0 Å². The first-order valence-electron chi connectivity index (χ1n) is 6.86. The summed E-state index contributed by atoms with van der Waals surface area (Å²) in [5, 5.41) is 0. The smallest absolute Gasteiger partial charge is 0.372 e. The van der Waals surface area contributed by atoms with E-state index in [4.69, 9.17) is 18.9 Å². The van der Waals surface area contributed by atoms with Crippen molar-refractivity contribution in [3.05, 3.63) is 29.8 Å². The van der Waals surface area contributed by atoms with Crippen LogP contribution < -0.4 is 4.74 Å². The molecule has 21 heavy (non-hydrogen) atoms. The Morgan fingerprint density at radius 1 is 1.05 bits per heavy atom. The number of hydrogen-bond donors (Lipinski definition) is 0. The molecule has 0 amide bonds. The van der Waals surface area contributed by atoms with E-state index >= 15 is 0 Å². The molecule has 0 aliphatic carbocycles. The molecule has 0 bridgehead atoms. The summed E-state index contributed by atoms with van der Waals surface area (Å²) in [5.74, 6) is -1.44. The molecule has 0 radical (unpaired) electrons. The average Bonchev–Trinajstić information content (AvgIpc) is 2.41. The summed E-state index contributed by atoms with van der Waals surface area (Å²) in [6, 6.07) is 7.00. The molecular formula is C16H24O5. The van der Waals surface area contributed by atoms with E-state index in [-0.39, 0.29) is 12.2 Å². The monoisotopic (exact) mass is 296 g/mol. The van der Waals surface area contributed by atoms with Crippen LogP contribution in [0.2, 0.25) is 0 Å². The van der Waals surface area contributed by atoms with Crippen molar-refractivity contribution in [3.8, 4) is 5.75 Å². The molecule has 0 unspecified atom stereocenters. The zero-order valence-corrected chi connectivity index (χ0v) is 13.6. The van der Waals surface area contributed by atoms with Crippen LogP contribution in [0.3, 0.4) is 0 Å². The van der Waals surface area contributed by atoms with E-state index in [9.17, 15) is 4.79 Å². The average molecular weight is 296 g/mol. The van der Waals surface area contributed by atoms with Crippen molar-refractivity contribution < 1.29 is 23.7 Å². The molecule has 0 saturated heterocycles. The number of esters is 1. The predicted octanol–water partition coefficient (Wildman–Crippen LogP) is 2.87. The van der Waals surface area contributed by atoms with E-state index in [0.717, 1.165) is 0 Å². The lowest BCUT2D eigenvalue weighted by molar-refractivity contribution is -0.235. The summed E-state index contributed by atoms with van der Waals surface area (Å²) < 4.78 is 21.4. The fraction of sp³-hybridized carbons (Fsp3) is 0.562. The molecule has 0 aliphatic rings. The highest BCUT2D eigenvalue weighted by Crippen LogP contribution is 2.30. The second kappa shape index (κ2) is 6.91. The third kappa shape index (κ3) is 4.19. The summed E-state index contributed by atoms with van der Waals surface area (Å²) in [6.07, 6.45) is 0. The molecule has 118 valence electrons. The van der Waals surface area contributed by atoms with Crippen molar-refractivity contribution in [2.75, 3.05) is 20.8 Å². The Morgan fingerprint density at radius 3 is 1.95 bits per heavy atom. The van der Waals surface area contributed by atoms with Gasteiger partial charge >= 0.3 is 5.97 Å². The minimum atomic E-state index is -1.56. The third-order valence-corrected chi connectivity index (χ3v) is 2.78. The zero-order valence-electron chi connectivity index (χ0n) is 13.6. The van der Waals surface area contributed by atoms with Gasteiger partial charge in [-0.15, -0.1) is 0 Å². The molecule has 0 fully saturated rings. The highest BCUT2D eigenvalue weighted by molar-refractivity contribution is 5.79. The van der Waals surface area contributed by atoms with Gasteiger partial charge in [-0.05, 0) is 52.0 Å². The normalized spacial score (nSPS) is 12.1. The van der Waals surface area contributed by atoms with Gasteiger partial charge in [-0.3, -0.25) is 0 Å². The maximum atomic E-state index is 12.1. The summed E-state index contributed by atoms with van der Waals surface area (Å²) in [4.78, 5) is 12.1. The van der Waals surface area contributed by atoms with E-state index < -0.39 is 11.8 Å². The predicted molar refractivity (Wildman–Crippen MR) is 79.2 cm³/mol. The Balaban J connectivity index is 3.08. The molecule has 1 rings (SSSR count). The van der Waals surface area contributed by atoms with Gasteiger partial charge in [-0.1, -0.05) is 0 Å². The maximum absolute atomic E-state index is 12.1. The summed E-state index contributed by atoms with van der Waals surface area (Å²) in [6.45, 7) is 7.88. The quantitative estimate of drug-likeness (QED) is 0.597. The van der Waals surface area contributed by atoms with Gasteiger partial charge in [0, 0.05) is 19.8 Å². The minimum Gasteiger partial charge on any atom is -0.488 e. The van der Waals surface area contributed by atoms with Gasteiger partial charge in [-0.25, -0.2) is 4.79 Å². The molecule has 1 aromatic carbocycles. The first-order valence-corrected chi connectivity index (χ1v) is 6.86. The Hall–Kier alpha value is -1.59. The second-order valence-corrected chi connectivity index (χ2v) is 5.48. The lowest BCUT2D eigenvalue weighted by Crippen LogP contribution is -2.41. The zero-order chi connectivity index (χ0) is 16.1. The first kappa shape index (κ1) is 17.5. The number of methoxy groups -OCH3 is 2. The van der Waals surface area contributed by atoms with Crippen molar-refractivity contribution in [2.45, 2.75) is 39.1 Å². The van der Waals surface area contributed by atoms with Gasteiger partial charge in [0.2, 0.25) is 0 Å². The van der Waals surface area contributed by atoms with Crippen LogP contribution in [-0.4, -0.2) is 32.4 Å². The number of carbonyl (C=O) groups is 1. The topological polar surface area (TPSA) is 54.0 Å². The van der Waals surface area contributed by atoms with Crippen molar-refractivity contribution in [3.63, 3.8) is 0 Å². The fourth-order valence-corrected chi connectivity index (χ4v) is 1.93. The van der Waals surface area contributed by atoms with Crippen molar-refractivity contribution in [2.24, 2.45) is 0 Å². The van der Waals surface area contributed by atoms with Crippen LogP contribution in [0.4, 0.5) is 0 Å².